The maximum Gasteiger partial charge on any atom is 0.416 e. The maximum atomic E-state index is 13.1. The minimum absolute atomic E-state index is 0.0342. The average Bonchev–Trinajstić information content (AvgIpc) is 2.95. The van der Waals surface area contributed by atoms with Crippen molar-refractivity contribution in [2.24, 2.45) is 0 Å². The Bertz CT molecular complexity index is 861. The molecule has 0 radical (unpaired) electrons. The van der Waals surface area contributed by atoms with Crippen LogP contribution in [0.25, 0.3) is 5.70 Å². The topological polar surface area (TPSA) is 0 Å². The van der Waals surface area contributed by atoms with E-state index in [0.717, 1.165) is 23.4 Å². The lowest BCUT2D eigenvalue weighted by molar-refractivity contribution is -0.797. The van der Waals surface area contributed by atoms with Crippen LogP contribution in [0.15, 0.2) is 66.9 Å². The molecule has 1 unspecified atom stereocenters. The summed E-state index contributed by atoms with van der Waals surface area (Å²) in [6, 6.07) is 10.9. The Morgan fingerprint density at radius 2 is 1.37 bits per heavy atom. The van der Waals surface area contributed by atoms with Gasteiger partial charge >= 0.3 is 12.4 Å². The van der Waals surface area contributed by atoms with E-state index in [1.807, 2.05) is 36.4 Å². The molecule has 0 aliphatic carbocycles. The van der Waals surface area contributed by atoms with Crippen molar-refractivity contribution in [2.45, 2.75) is 18.9 Å². The van der Waals surface area contributed by atoms with Gasteiger partial charge in [-0.3, -0.25) is 4.48 Å². The van der Waals surface area contributed by atoms with Gasteiger partial charge in [0.1, 0.15) is 18.4 Å². The van der Waals surface area contributed by atoms with Gasteiger partial charge in [0.2, 0.25) is 0 Å². The summed E-state index contributed by atoms with van der Waals surface area (Å²) in [6.07, 6.45) is -4.40. The summed E-state index contributed by atoms with van der Waals surface area (Å²) in [5.74, 6) is 0. The summed E-state index contributed by atoms with van der Waals surface area (Å²) in [5, 5.41) is 0. The third-order valence-corrected chi connectivity index (χ3v) is 4.45. The van der Waals surface area contributed by atoms with Crippen LogP contribution in [0.4, 0.5) is 26.3 Å². The number of nitrogens with zero attached hydrogens (tertiary/aromatic N) is 1. The first kappa shape index (κ1) is 19.2. The minimum Gasteiger partial charge on any atom is -0.263 e. The van der Waals surface area contributed by atoms with E-state index < -0.39 is 23.5 Å². The van der Waals surface area contributed by atoms with Crippen LogP contribution in [-0.4, -0.2) is 11.5 Å². The standard InChI is InChI=1S/C20H16F6N/c1-27(9-5-8-18(27)15-6-3-2-4-7-15)13-14-10-16(19(21,22)23)12-17(11-14)20(24,25)26/h2-12H,13H2,1H3/q+1. The molecule has 1 atom stereocenters. The van der Waals surface area contributed by atoms with Crippen LogP contribution >= 0.6 is 0 Å². The molecule has 2 aromatic rings. The fraction of sp³-hybridized carbons (Fsp3) is 0.200. The van der Waals surface area contributed by atoms with E-state index in [-0.39, 0.29) is 22.7 Å². The second kappa shape index (κ2) is 6.56. The van der Waals surface area contributed by atoms with Gasteiger partial charge < -0.3 is 0 Å². The molecule has 1 heterocycles. The zero-order chi connectivity index (χ0) is 19.9. The van der Waals surface area contributed by atoms with Crippen molar-refractivity contribution in [1.82, 2.24) is 0 Å². The summed E-state index contributed by atoms with van der Waals surface area (Å²) in [6.45, 7) is -0.0375. The third kappa shape index (κ3) is 4.08. The molecular formula is C20H16F6N+. The minimum atomic E-state index is -4.85. The Morgan fingerprint density at radius 3 is 1.89 bits per heavy atom. The van der Waals surface area contributed by atoms with Gasteiger partial charge in [-0.2, -0.15) is 26.3 Å². The number of allylic oxidation sites excluding steroid dienone is 2. The van der Waals surface area contributed by atoms with Gasteiger partial charge in [0, 0.05) is 17.2 Å². The lowest BCUT2D eigenvalue weighted by atomic mass is 10.0. The SMILES string of the molecule is C[N+]1(Cc2cc(C(F)(F)F)cc(C(F)(F)F)c2)C=CC=C1c1ccccc1. The van der Waals surface area contributed by atoms with Crippen molar-refractivity contribution in [2.75, 3.05) is 7.05 Å². The molecule has 1 nitrogen and oxygen atoms in total. The fourth-order valence-corrected chi connectivity index (χ4v) is 3.20. The van der Waals surface area contributed by atoms with Crippen molar-refractivity contribution in [1.29, 1.82) is 0 Å². The summed E-state index contributed by atoms with van der Waals surface area (Å²) in [7, 11) is 1.75. The van der Waals surface area contributed by atoms with E-state index >= 15 is 0 Å². The Balaban J connectivity index is 2.02. The molecule has 0 spiro atoms. The number of quaternary nitrogens is 1. The number of halogens is 6. The monoisotopic (exact) mass is 384 g/mol. The Labute approximate surface area is 152 Å². The van der Waals surface area contributed by atoms with Gasteiger partial charge in [-0.1, -0.05) is 18.2 Å². The molecule has 1 aliphatic heterocycles. The Hall–Kier alpha value is -2.54. The zero-order valence-electron chi connectivity index (χ0n) is 14.3. The molecule has 2 aromatic carbocycles. The predicted molar refractivity (Wildman–Crippen MR) is 89.9 cm³/mol. The van der Waals surface area contributed by atoms with E-state index in [1.54, 1.807) is 19.3 Å². The zero-order valence-corrected chi connectivity index (χ0v) is 14.3. The first-order valence-corrected chi connectivity index (χ1v) is 8.08. The van der Waals surface area contributed by atoms with Gasteiger partial charge in [-0.15, -0.1) is 0 Å². The highest BCUT2D eigenvalue weighted by Gasteiger charge is 2.38. The molecular weight excluding hydrogens is 368 g/mol. The average molecular weight is 384 g/mol. The molecule has 3 rings (SSSR count). The normalized spacial score (nSPS) is 20.0. The molecule has 142 valence electrons. The van der Waals surface area contributed by atoms with Crippen molar-refractivity contribution >= 4 is 5.70 Å². The summed E-state index contributed by atoms with van der Waals surface area (Å²) in [5.41, 5.74) is -0.984. The first-order valence-electron chi connectivity index (χ1n) is 8.08. The second-order valence-electron chi connectivity index (χ2n) is 6.60. The number of hydrogen-bond donors (Lipinski definition) is 0. The first-order chi connectivity index (χ1) is 12.5. The molecule has 0 bridgehead atoms. The van der Waals surface area contributed by atoms with Crippen molar-refractivity contribution in [3.63, 3.8) is 0 Å². The van der Waals surface area contributed by atoms with Crippen LogP contribution in [0, 0.1) is 0 Å². The maximum absolute atomic E-state index is 13.1. The van der Waals surface area contributed by atoms with Crippen LogP contribution < -0.4 is 0 Å². The van der Waals surface area contributed by atoms with Crippen molar-refractivity contribution in [3.8, 4) is 0 Å². The van der Waals surface area contributed by atoms with Crippen molar-refractivity contribution in [3.05, 3.63) is 89.1 Å². The Kier molecular flexibility index (Phi) is 4.67. The van der Waals surface area contributed by atoms with Gasteiger partial charge in [-0.25, -0.2) is 0 Å². The highest BCUT2D eigenvalue weighted by molar-refractivity contribution is 5.63. The second-order valence-corrected chi connectivity index (χ2v) is 6.60. The van der Waals surface area contributed by atoms with Crippen LogP contribution in [0.1, 0.15) is 22.3 Å². The van der Waals surface area contributed by atoms with Gasteiger partial charge in [0.15, 0.2) is 0 Å². The summed E-state index contributed by atoms with van der Waals surface area (Å²) < 4.78 is 78.6. The quantitative estimate of drug-likeness (QED) is 0.434. The van der Waals surface area contributed by atoms with E-state index in [1.165, 1.54) is 0 Å². The molecule has 0 fully saturated rings. The number of hydrogen-bond acceptors (Lipinski definition) is 0. The van der Waals surface area contributed by atoms with E-state index in [9.17, 15) is 26.3 Å². The van der Waals surface area contributed by atoms with E-state index in [4.69, 9.17) is 0 Å². The Morgan fingerprint density at radius 1 is 0.815 bits per heavy atom. The van der Waals surface area contributed by atoms with E-state index in [0.29, 0.717) is 0 Å². The molecule has 0 saturated carbocycles. The number of alkyl halides is 6. The number of rotatable bonds is 3. The highest BCUT2D eigenvalue weighted by Crippen LogP contribution is 2.38. The predicted octanol–water partition coefficient (Wildman–Crippen LogP) is 6.24. The molecule has 1 aliphatic rings. The highest BCUT2D eigenvalue weighted by atomic mass is 19.4. The third-order valence-electron chi connectivity index (χ3n) is 4.45. The van der Waals surface area contributed by atoms with Crippen LogP contribution in [-0.2, 0) is 18.9 Å². The number of benzene rings is 2. The van der Waals surface area contributed by atoms with Gasteiger partial charge in [0.05, 0.1) is 18.2 Å². The molecule has 27 heavy (non-hydrogen) atoms. The largest absolute Gasteiger partial charge is 0.416 e. The molecule has 7 heteroatoms. The lowest BCUT2D eigenvalue weighted by Gasteiger charge is -2.30. The summed E-state index contributed by atoms with van der Waals surface area (Å²) in [4.78, 5) is 0. The molecule has 0 saturated heterocycles. The molecule has 0 amide bonds. The van der Waals surface area contributed by atoms with E-state index in [2.05, 4.69) is 0 Å². The fourth-order valence-electron chi connectivity index (χ4n) is 3.20. The molecule has 0 N–H and O–H groups in total. The summed E-state index contributed by atoms with van der Waals surface area (Å²) >= 11 is 0. The van der Waals surface area contributed by atoms with Gasteiger partial charge in [0.25, 0.3) is 0 Å². The van der Waals surface area contributed by atoms with Crippen molar-refractivity contribution < 1.29 is 30.8 Å². The van der Waals surface area contributed by atoms with Crippen LogP contribution in [0.3, 0.4) is 0 Å². The lowest BCUT2D eigenvalue weighted by Crippen LogP contribution is -2.34. The molecule has 0 aromatic heterocycles. The smallest absolute Gasteiger partial charge is 0.263 e. The van der Waals surface area contributed by atoms with Crippen LogP contribution in [0.2, 0.25) is 0 Å². The van der Waals surface area contributed by atoms with Crippen LogP contribution in [0.5, 0.6) is 0 Å². The van der Waals surface area contributed by atoms with Gasteiger partial charge in [-0.05, 0) is 36.4 Å².